The van der Waals surface area contributed by atoms with Gasteiger partial charge in [-0.1, -0.05) is 36.4 Å². The van der Waals surface area contributed by atoms with Crippen molar-refractivity contribution in [3.05, 3.63) is 82.5 Å². The van der Waals surface area contributed by atoms with Crippen LogP contribution in [0, 0.1) is 17.8 Å². The van der Waals surface area contributed by atoms with Crippen LogP contribution in [0.3, 0.4) is 0 Å². The third-order valence-electron chi connectivity index (χ3n) is 11.2. The van der Waals surface area contributed by atoms with Gasteiger partial charge in [0.15, 0.2) is 11.5 Å². The van der Waals surface area contributed by atoms with Crippen molar-refractivity contribution in [2.75, 3.05) is 55.7 Å². The Balaban J connectivity index is 0.000000459. The molecule has 4 aliphatic rings. The second kappa shape index (κ2) is 14.9. The summed E-state index contributed by atoms with van der Waals surface area (Å²) in [5.74, 6) is 0.441. The predicted molar refractivity (Wildman–Crippen MR) is 196 cm³/mol. The molecular formula is C41H46N2O9. The van der Waals surface area contributed by atoms with Crippen LogP contribution in [0.5, 0.6) is 23.0 Å². The molecule has 11 nitrogen and oxygen atoms in total. The number of nitrogens with one attached hydrogen (secondary N) is 1. The summed E-state index contributed by atoms with van der Waals surface area (Å²) >= 11 is 0. The molecule has 2 aliphatic carbocycles. The van der Waals surface area contributed by atoms with Crippen molar-refractivity contribution in [2.24, 2.45) is 17.8 Å². The Morgan fingerprint density at radius 1 is 0.827 bits per heavy atom. The molecule has 3 heterocycles. The predicted octanol–water partition coefficient (Wildman–Crippen LogP) is 6.34. The largest absolute Gasteiger partial charge is 0.497 e. The molecule has 1 saturated carbocycles. The first kappa shape index (κ1) is 35.4. The van der Waals surface area contributed by atoms with Gasteiger partial charge in [0, 0.05) is 42.9 Å². The Morgan fingerprint density at radius 3 is 2.12 bits per heavy atom. The average molecular weight is 711 g/mol. The molecular weight excluding hydrogens is 664 g/mol. The van der Waals surface area contributed by atoms with E-state index < -0.39 is 24.1 Å². The fourth-order valence-electron chi connectivity index (χ4n) is 8.66. The van der Waals surface area contributed by atoms with Crippen LogP contribution in [0.1, 0.15) is 51.6 Å². The van der Waals surface area contributed by atoms with Crippen molar-refractivity contribution >= 4 is 35.0 Å². The minimum Gasteiger partial charge on any atom is -0.497 e. The Hall–Kier alpha value is -5.00. The summed E-state index contributed by atoms with van der Waals surface area (Å²) in [4.78, 5) is 33.1. The van der Waals surface area contributed by atoms with E-state index in [0.29, 0.717) is 23.7 Å². The number of aromatic amines is 1. The number of esters is 2. The third kappa shape index (κ3) is 6.36. The zero-order chi connectivity index (χ0) is 36.5. The fraction of sp³-hybridized carbons (Fsp3) is 0.415. The zero-order valence-electron chi connectivity index (χ0n) is 30.5. The second-order valence-electron chi connectivity index (χ2n) is 13.7. The van der Waals surface area contributed by atoms with Crippen molar-refractivity contribution in [1.29, 1.82) is 0 Å². The topological polar surface area (TPSA) is 118 Å². The van der Waals surface area contributed by atoms with Crippen LogP contribution in [0.15, 0.2) is 54.6 Å². The number of carbonyl (C=O) groups is 2. The standard InChI is InChI=1S/C33H40N2O9.C8H6/c1-38-19-7-8-20-21-9-10-35-16-18-13-27(44-32(36)17-11-25(39-2)30(41-4)26(12-17)40-3)31(42-5)28(33(37)43-6)22(18)15-24(35)29(21)34-23(20)14-19;1-2-4-8-6-5-7(8)3-1/h7-8,11-12,14,18,22,24,27-28,31,34H,9-10,13,15-16H2,1-6H3;1-6H/t18-,22+,24-,27-,28+,31+;/m1./s1. The molecule has 2 fully saturated rings. The molecule has 1 saturated heterocycles. The molecule has 1 aromatic heterocycles. The van der Waals surface area contributed by atoms with E-state index in [2.05, 4.69) is 52.4 Å². The maximum atomic E-state index is 13.5. The first-order valence-electron chi connectivity index (χ1n) is 17.6. The van der Waals surface area contributed by atoms with Gasteiger partial charge in [0.25, 0.3) is 0 Å². The first-order valence-corrected chi connectivity index (χ1v) is 17.6. The molecule has 0 unspecified atom stereocenters. The lowest BCUT2D eigenvalue weighted by molar-refractivity contribution is -0.176. The van der Waals surface area contributed by atoms with Gasteiger partial charge >= 0.3 is 11.9 Å². The molecule has 274 valence electrons. The van der Waals surface area contributed by atoms with Gasteiger partial charge in [0.05, 0.1) is 53.1 Å². The zero-order valence-corrected chi connectivity index (χ0v) is 30.5. The Labute approximate surface area is 303 Å². The smallest absolute Gasteiger partial charge is 0.338 e. The molecule has 0 amide bonds. The SMILES string of the molecule is C1=Cc2ccccc21.COC(=O)[C@H]1[C@H]2C[C@@H]3c4[nH]c5cc(OC)ccc5c4CCN3C[C@H]2C[C@@H](OC(=O)c2cc(OC)c(OC)c(OC)c2)[C@@H]1OC. The number of carbonyl (C=O) groups excluding carboxylic acids is 2. The van der Waals surface area contributed by atoms with Crippen molar-refractivity contribution in [3.8, 4) is 23.0 Å². The average Bonchev–Trinajstić information content (AvgIpc) is 3.54. The molecule has 8 rings (SSSR count). The fourth-order valence-corrected chi connectivity index (χ4v) is 8.66. The highest BCUT2D eigenvalue weighted by Gasteiger charge is 2.54. The summed E-state index contributed by atoms with van der Waals surface area (Å²) in [7, 11) is 9.10. The molecule has 4 aromatic rings. The number of hydrogen-bond acceptors (Lipinski definition) is 10. The molecule has 0 bridgehead atoms. The number of fused-ring (bicyclic) bond motifs is 7. The Morgan fingerprint density at radius 2 is 1.54 bits per heavy atom. The van der Waals surface area contributed by atoms with Gasteiger partial charge < -0.3 is 38.1 Å². The van der Waals surface area contributed by atoms with E-state index in [1.54, 1.807) is 26.4 Å². The van der Waals surface area contributed by atoms with Gasteiger partial charge in [-0.15, -0.1) is 0 Å². The minimum absolute atomic E-state index is 0.0170. The monoisotopic (exact) mass is 710 g/mol. The number of ether oxygens (including phenoxy) is 7. The van der Waals surface area contributed by atoms with Crippen molar-refractivity contribution in [2.45, 2.75) is 37.5 Å². The maximum absolute atomic E-state index is 13.5. The van der Waals surface area contributed by atoms with Crippen molar-refractivity contribution < 1.29 is 42.7 Å². The van der Waals surface area contributed by atoms with Gasteiger partial charge in [0.1, 0.15) is 18.0 Å². The van der Waals surface area contributed by atoms with Crippen LogP contribution in [0.2, 0.25) is 0 Å². The summed E-state index contributed by atoms with van der Waals surface area (Å²) in [6, 6.07) is 17.8. The van der Waals surface area contributed by atoms with Crippen LogP contribution in [0.25, 0.3) is 23.1 Å². The Bertz CT molecular complexity index is 1940. The normalized spacial score (nSPS) is 24.0. The number of methoxy groups -OCH3 is 6. The number of nitrogens with zero attached hydrogens (tertiary/aromatic N) is 1. The van der Waals surface area contributed by atoms with Crippen LogP contribution in [0.4, 0.5) is 0 Å². The number of rotatable bonds is 8. The van der Waals surface area contributed by atoms with E-state index in [9.17, 15) is 9.59 Å². The van der Waals surface area contributed by atoms with E-state index in [1.165, 1.54) is 56.2 Å². The van der Waals surface area contributed by atoms with Gasteiger partial charge in [0.2, 0.25) is 5.75 Å². The highest BCUT2D eigenvalue weighted by Crippen LogP contribution is 2.51. The van der Waals surface area contributed by atoms with Crippen LogP contribution < -0.4 is 18.9 Å². The van der Waals surface area contributed by atoms with Crippen LogP contribution in [-0.2, 0) is 25.4 Å². The molecule has 0 spiro atoms. The lowest BCUT2D eigenvalue weighted by atomic mass is 9.63. The van der Waals surface area contributed by atoms with Gasteiger partial charge in [-0.05, 0) is 72.1 Å². The quantitative estimate of drug-likeness (QED) is 0.183. The van der Waals surface area contributed by atoms with Gasteiger partial charge in [-0.25, -0.2) is 4.79 Å². The first-order chi connectivity index (χ1) is 25.3. The van der Waals surface area contributed by atoms with E-state index >= 15 is 0 Å². The minimum atomic E-state index is -0.670. The van der Waals surface area contributed by atoms with Crippen LogP contribution >= 0.6 is 0 Å². The summed E-state index contributed by atoms with van der Waals surface area (Å²) in [5.41, 5.74) is 6.56. The molecule has 2 aliphatic heterocycles. The number of benzene rings is 3. The Kier molecular flexibility index (Phi) is 10.2. The van der Waals surface area contributed by atoms with E-state index in [1.807, 2.05) is 12.1 Å². The van der Waals surface area contributed by atoms with E-state index in [0.717, 1.165) is 37.2 Å². The molecule has 11 heteroatoms. The summed E-state index contributed by atoms with van der Waals surface area (Å²) in [6.45, 7) is 1.68. The highest BCUT2D eigenvalue weighted by molar-refractivity contribution is 5.91. The molecule has 3 aromatic carbocycles. The second-order valence-corrected chi connectivity index (χ2v) is 13.7. The number of piperidine rings is 1. The lowest BCUT2D eigenvalue weighted by Gasteiger charge is -2.52. The van der Waals surface area contributed by atoms with Crippen LogP contribution in [-0.4, -0.2) is 89.8 Å². The van der Waals surface area contributed by atoms with Crippen molar-refractivity contribution in [3.63, 3.8) is 0 Å². The molecule has 52 heavy (non-hydrogen) atoms. The van der Waals surface area contributed by atoms with E-state index in [-0.39, 0.29) is 29.4 Å². The number of hydrogen-bond donors (Lipinski definition) is 1. The summed E-state index contributed by atoms with van der Waals surface area (Å²) in [5, 5.41) is 1.21. The molecule has 1 N–H and O–H groups in total. The maximum Gasteiger partial charge on any atom is 0.338 e. The molecule has 6 atom stereocenters. The molecule has 0 radical (unpaired) electrons. The summed E-state index contributed by atoms with van der Waals surface area (Å²) < 4.78 is 39.1. The number of aromatic nitrogens is 1. The third-order valence-corrected chi connectivity index (χ3v) is 11.2. The number of H-pyrrole nitrogens is 1. The highest BCUT2D eigenvalue weighted by atomic mass is 16.6. The van der Waals surface area contributed by atoms with Gasteiger partial charge in [-0.3, -0.25) is 9.69 Å². The summed E-state index contributed by atoms with van der Waals surface area (Å²) in [6.07, 6.45) is 5.16. The van der Waals surface area contributed by atoms with Crippen molar-refractivity contribution in [1.82, 2.24) is 9.88 Å². The van der Waals surface area contributed by atoms with Gasteiger partial charge in [-0.2, -0.15) is 0 Å². The lowest BCUT2D eigenvalue weighted by Crippen LogP contribution is -2.58. The van der Waals surface area contributed by atoms with E-state index in [4.69, 9.17) is 33.2 Å².